The van der Waals surface area contributed by atoms with Crippen LogP contribution in [-0.2, 0) is 10.1 Å². The Kier molecular flexibility index (Phi) is 10.5. The van der Waals surface area contributed by atoms with Crippen LogP contribution in [-0.4, -0.2) is 13.0 Å². The molecule has 262 valence electrons. The van der Waals surface area contributed by atoms with Gasteiger partial charge in [-0.05, 0) is 128 Å². The van der Waals surface area contributed by atoms with Gasteiger partial charge in [0.05, 0.1) is 0 Å². The molecule has 0 amide bonds. The first-order valence-corrected chi connectivity index (χ1v) is 18.7. The molecule has 0 unspecified atom stereocenters. The summed E-state index contributed by atoms with van der Waals surface area (Å²) in [5.74, 6) is -0.192. The summed E-state index contributed by atoms with van der Waals surface area (Å²) >= 11 is 0. The van der Waals surface area contributed by atoms with Crippen molar-refractivity contribution in [1.29, 1.82) is 0 Å². The van der Waals surface area contributed by atoms with Gasteiger partial charge in [-0.2, -0.15) is 8.42 Å². The SMILES string of the molecule is Cc1cc(C)c(Nc2ccc(C(c3ccc(Nc4c(C)cc(C)cc4C)c(C(C)C)c3)c3ccc(N)cc3S(=O)(=O)O)cc2C(C)C)c(C)c1. The monoisotopic (exact) mass is 689 g/mol. The van der Waals surface area contributed by atoms with Crippen molar-refractivity contribution < 1.29 is 13.0 Å². The van der Waals surface area contributed by atoms with Crippen LogP contribution in [0.15, 0.2) is 83.8 Å². The minimum Gasteiger partial charge on any atom is -0.399 e. The Balaban J connectivity index is 1.72. The number of rotatable bonds is 10. The van der Waals surface area contributed by atoms with E-state index in [2.05, 4.69) is 141 Å². The van der Waals surface area contributed by atoms with Crippen molar-refractivity contribution in [1.82, 2.24) is 0 Å². The number of nitrogen functional groups attached to an aromatic ring is 1. The van der Waals surface area contributed by atoms with E-state index < -0.39 is 16.0 Å². The summed E-state index contributed by atoms with van der Waals surface area (Å²) in [5, 5.41) is 7.43. The first-order chi connectivity index (χ1) is 23.4. The molecule has 50 heavy (non-hydrogen) atoms. The molecule has 0 fully saturated rings. The Morgan fingerprint density at radius 3 is 1.32 bits per heavy atom. The van der Waals surface area contributed by atoms with Crippen LogP contribution in [0.25, 0.3) is 0 Å². The third-order valence-electron chi connectivity index (χ3n) is 9.56. The Hall–Kier alpha value is -4.59. The molecule has 5 rings (SSSR count). The van der Waals surface area contributed by atoms with Gasteiger partial charge in [-0.15, -0.1) is 0 Å². The predicted octanol–water partition coefficient (Wildman–Crippen LogP) is 11.3. The summed E-state index contributed by atoms with van der Waals surface area (Å²) in [6.45, 7) is 21.3. The van der Waals surface area contributed by atoms with Gasteiger partial charge in [0, 0.05) is 34.4 Å². The van der Waals surface area contributed by atoms with Gasteiger partial charge in [-0.3, -0.25) is 4.55 Å². The topological polar surface area (TPSA) is 104 Å². The number of nitrogens with two attached hydrogens (primary N) is 1. The standard InChI is InChI=1S/C43H51N3O3S/c1-24(2)36-21-32(11-15-38(36)45-42-28(7)17-26(5)18-29(42)8)41(35-14-13-34(44)23-40(35)50(47,48)49)33-12-16-39(37(22-33)25(3)4)46-43-30(9)19-27(6)20-31(43)10/h11-25,41,45-46H,44H2,1-10H3,(H,47,48,49). The van der Waals surface area contributed by atoms with Crippen molar-refractivity contribution in [2.75, 3.05) is 16.4 Å². The number of hydrogen-bond acceptors (Lipinski definition) is 5. The Bertz CT molecular complexity index is 2020. The molecule has 6 nitrogen and oxygen atoms in total. The molecule has 0 spiro atoms. The maximum Gasteiger partial charge on any atom is 0.294 e. The lowest BCUT2D eigenvalue weighted by molar-refractivity contribution is 0.482. The van der Waals surface area contributed by atoms with Crippen molar-refractivity contribution in [2.24, 2.45) is 0 Å². The van der Waals surface area contributed by atoms with Gasteiger partial charge in [0.15, 0.2) is 0 Å². The lowest BCUT2D eigenvalue weighted by Crippen LogP contribution is -2.13. The van der Waals surface area contributed by atoms with Gasteiger partial charge in [0.2, 0.25) is 0 Å². The van der Waals surface area contributed by atoms with E-state index >= 15 is 0 Å². The highest BCUT2D eigenvalue weighted by Crippen LogP contribution is 2.42. The summed E-state index contributed by atoms with van der Waals surface area (Å²) < 4.78 is 36.3. The van der Waals surface area contributed by atoms with Crippen LogP contribution in [0.1, 0.15) is 107 Å². The lowest BCUT2D eigenvalue weighted by Gasteiger charge is -2.26. The van der Waals surface area contributed by atoms with E-state index in [1.54, 1.807) is 12.1 Å². The van der Waals surface area contributed by atoms with Gasteiger partial charge in [0.1, 0.15) is 4.90 Å². The van der Waals surface area contributed by atoms with Crippen LogP contribution in [0.5, 0.6) is 0 Å². The van der Waals surface area contributed by atoms with Gasteiger partial charge >= 0.3 is 0 Å². The van der Waals surface area contributed by atoms with Gasteiger partial charge < -0.3 is 16.4 Å². The molecule has 0 atom stereocenters. The highest BCUT2D eigenvalue weighted by atomic mass is 32.2. The molecule has 0 aliphatic rings. The third kappa shape index (κ3) is 7.74. The molecule has 0 aromatic heterocycles. The number of anilines is 5. The third-order valence-corrected chi connectivity index (χ3v) is 10.5. The molecular weight excluding hydrogens is 639 g/mol. The molecule has 0 radical (unpaired) electrons. The second-order valence-electron chi connectivity index (χ2n) is 14.5. The highest BCUT2D eigenvalue weighted by molar-refractivity contribution is 7.85. The molecule has 0 saturated carbocycles. The van der Waals surface area contributed by atoms with Crippen LogP contribution >= 0.6 is 0 Å². The maximum atomic E-state index is 12.9. The summed E-state index contributed by atoms with van der Waals surface area (Å²) in [6.07, 6.45) is 0. The zero-order valence-electron chi connectivity index (χ0n) is 31.0. The van der Waals surface area contributed by atoms with E-state index in [0.717, 1.165) is 45.0 Å². The number of nitrogens with one attached hydrogen (secondary N) is 2. The van der Waals surface area contributed by atoms with Crippen molar-refractivity contribution in [3.63, 3.8) is 0 Å². The number of benzene rings is 5. The zero-order valence-corrected chi connectivity index (χ0v) is 31.8. The van der Waals surface area contributed by atoms with Crippen molar-refractivity contribution >= 4 is 38.6 Å². The van der Waals surface area contributed by atoms with Crippen molar-refractivity contribution in [3.8, 4) is 0 Å². The zero-order chi connectivity index (χ0) is 36.7. The fourth-order valence-electron chi connectivity index (χ4n) is 7.29. The average molecular weight is 690 g/mol. The molecule has 0 heterocycles. The summed E-state index contributed by atoms with van der Waals surface area (Å²) in [4.78, 5) is -0.194. The van der Waals surface area contributed by atoms with Crippen molar-refractivity contribution in [3.05, 3.63) is 140 Å². The van der Waals surface area contributed by atoms with Crippen LogP contribution in [0, 0.1) is 41.5 Å². The molecule has 7 heteroatoms. The van der Waals surface area contributed by atoms with Crippen LogP contribution in [0.4, 0.5) is 28.4 Å². The fraction of sp³-hybridized carbons (Fsp3) is 0.302. The number of hydrogen-bond donors (Lipinski definition) is 4. The predicted molar refractivity (Wildman–Crippen MR) is 211 cm³/mol. The molecule has 0 saturated heterocycles. The Morgan fingerprint density at radius 2 is 0.960 bits per heavy atom. The largest absolute Gasteiger partial charge is 0.399 e. The molecule has 5 N–H and O–H groups in total. The molecular formula is C43H51N3O3S. The number of aryl methyl sites for hydroxylation is 6. The highest BCUT2D eigenvalue weighted by Gasteiger charge is 2.27. The molecule has 0 aliphatic heterocycles. The van der Waals surface area contributed by atoms with Crippen LogP contribution in [0.2, 0.25) is 0 Å². The first-order valence-electron chi connectivity index (χ1n) is 17.3. The van der Waals surface area contributed by atoms with Gasteiger partial charge in [-0.25, -0.2) is 0 Å². The second kappa shape index (κ2) is 14.3. The van der Waals surface area contributed by atoms with E-state index in [1.165, 1.54) is 39.4 Å². The quantitative estimate of drug-likeness (QED) is 0.0661. The van der Waals surface area contributed by atoms with Crippen LogP contribution in [0.3, 0.4) is 0 Å². The van der Waals surface area contributed by atoms with E-state index in [1.807, 2.05) is 0 Å². The first kappa shape index (κ1) is 36.7. The summed E-state index contributed by atoms with van der Waals surface area (Å²) in [6, 6.07) is 26.1. The van der Waals surface area contributed by atoms with E-state index in [4.69, 9.17) is 5.73 Å². The van der Waals surface area contributed by atoms with E-state index in [9.17, 15) is 13.0 Å². The smallest absolute Gasteiger partial charge is 0.294 e. The normalized spacial score (nSPS) is 11.9. The van der Waals surface area contributed by atoms with E-state index in [-0.39, 0.29) is 22.4 Å². The Morgan fingerprint density at radius 1 is 0.560 bits per heavy atom. The molecule has 5 aromatic carbocycles. The summed E-state index contributed by atoms with van der Waals surface area (Å²) in [7, 11) is -4.60. The molecule has 0 bridgehead atoms. The molecule has 5 aromatic rings. The van der Waals surface area contributed by atoms with E-state index in [0.29, 0.717) is 5.56 Å². The van der Waals surface area contributed by atoms with Crippen LogP contribution < -0.4 is 16.4 Å². The fourth-order valence-corrected chi connectivity index (χ4v) is 8.06. The second-order valence-corrected chi connectivity index (χ2v) is 15.9. The van der Waals surface area contributed by atoms with Gasteiger partial charge in [-0.1, -0.05) is 93.4 Å². The lowest BCUT2D eigenvalue weighted by atomic mass is 9.81. The maximum absolute atomic E-state index is 12.9. The molecule has 0 aliphatic carbocycles. The van der Waals surface area contributed by atoms with Gasteiger partial charge in [0.25, 0.3) is 10.1 Å². The summed E-state index contributed by atoms with van der Waals surface area (Å²) in [5.41, 5.74) is 22.1. The minimum absolute atomic E-state index is 0.162. The average Bonchev–Trinajstić information content (AvgIpc) is 3.01. The van der Waals surface area contributed by atoms with Crippen molar-refractivity contribution in [2.45, 2.75) is 91.9 Å². The Labute approximate surface area is 298 Å². The minimum atomic E-state index is -4.60.